The maximum atomic E-state index is 11.0. The molecule has 0 aliphatic rings. The molecular weight excluding hydrogens is 294 g/mol. The number of rotatable bonds is 6. The fourth-order valence-electron chi connectivity index (χ4n) is 1.87. The molecule has 1 heterocycles. The summed E-state index contributed by atoms with van der Waals surface area (Å²) in [4.78, 5) is 14.6. The zero-order valence-electron chi connectivity index (χ0n) is 11.4. The molecule has 0 aliphatic heterocycles. The van der Waals surface area contributed by atoms with E-state index in [9.17, 15) is 10.1 Å². The lowest BCUT2D eigenvalue weighted by atomic mass is 10.1. The summed E-state index contributed by atoms with van der Waals surface area (Å²) in [5.74, 6) is 0.534. The Balaban J connectivity index is 2.01. The second kappa shape index (κ2) is 7.01. The van der Waals surface area contributed by atoms with Gasteiger partial charge in [0.15, 0.2) is 0 Å². The van der Waals surface area contributed by atoms with E-state index in [0.29, 0.717) is 29.6 Å². The molecule has 2 aromatic rings. The maximum absolute atomic E-state index is 11.0. The molecule has 21 heavy (non-hydrogen) atoms. The van der Waals surface area contributed by atoms with Crippen LogP contribution >= 0.6 is 11.6 Å². The van der Waals surface area contributed by atoms with Crippen molar-refractivity contribution in [1.82, 2.24) is 10.3 Å². The van der Waals surface area contributed by atoms with Gasteiger partial charge >= 0.3 is 0 Å². The summed E-state index contributed by atoms with van der Waals surface area (Å²) in [7, 11) is 1.55. The summed E-state index contributed by atoms with van der Waals surface area (Å²) in [5, 5.41) is 14.5. The van der Waals surface area contributed by atoms with Crippen LogP contribution < -0.4 is 10.1 Å². The molecule has 0 fully saturated rings. The summed E-state index contributed by atoms with van der Waals surface area (Å²) in [5.41, 5.74) is 1.59. The molecule has 110 valence electrons. The highest BCUT2D eigenvalue weighted by atomic mass is 35.5. The molecule has 0 saturated heterocycles. The average Bonchev–Trinajstić information content (AvgIpc) is 2.48. The standard InChI is InChI=1S/C14H14ClN3O3/c1-21-14-6-10(4-5-17-14)8-16-9-11-2-3-12(15)7-13(11)18(19)20/h2-7,16H,8-9H2,1H3. The molecule has 0 bridgehead atoms. The van der Waals surface area contributed by atoms with E-state index in [-0.39, 0.29) is 5.69 Å². The zero-order chi connectivity index (χ0) is 15.2. The molecule has 0 spiro atoms. The van der Waals surface area contributed by atoms with Gasteiger partial charge in [-0.05, 0) is 23.8 Å². The van der Waals surface area contributed by atoms with E-state index >= 15 is 0 Å². The lowest BCUT2D eigenvalue weighted by molar-refractivity contribution is -0.385. The van der Waals surface area contributed by atoms with E-state index in [4.69, 9.17) is 16.3 Å². The van der Waals surface area contributed by atoms with E-state index < -0.39 is 4.92 Å². The van der Waals surface area contributed by atoms with Crippen LogP contribution in [0.2, 0.25) is 5.02 Å². The maximum Gasteiger partial charge on any atom is 0.275 e. The van der Waals surface area contributed by atoms with Crippen LogP contribution in [-0.2, 0) is 13.1 Å². The first-order valence-corrected chi connectivity index (χ1v) is 6.60. The predicted octanol–water partition coefficient (Wildman–Crippen LogP) is 2.94. The van der Waals surface area contributed by atoms with Crippen LogP contribution in [0.25, 0.3) is 0 Å². The first-order valence-electron chi connectivity index (χ1n) is 6.22. The van der Waals surface area contributed by atoms with Crippen LogP contribution in [0.15, 0.2) is 36.5 Å². The van der Waals surface area contributed by atoms with Crippen molar-refractivity contribution in [2.24, 2.45) is 0 Å². The fourth-order valence-corrected chi connectivity index (χ4v) is 2.04. The molecule has 6 nitrogen and oxygen atoms in total. The van der Waals surface area contributed by atoms with Gasteiger partial charge in [0.25, 0.3) is 5.69 Å². The smallest absolute Gasteiger partial charge is 0.275 e. The largest absolute Gasteiger partial charge is 0.481 e. The topological polar surface area (TPSA) is 77.3 Å². The third kappa shape index (κ3) is 4.14. The number of methoxy groups -OCH3 is 1. The number of nitrogens with one attached hydrogen (secondary N) is 1. The Labute approximate surface area is 126 Å². The van der Waals surface area contributed by atoms with Crippen molar-refractivity contribution >= 4 is 17.3 Å². The summed E-state index contributed by atoms with van der Waals surface area (Å²) in [6.07, 6.45) is 1.65. The average molecular weight is 308 g/mol. The second-order valence-corrected chi connectivity index (χ2v) is 4.78. The summed E-state index contributed by atoms with van der Waals surface area (Å²) >= 11 is 5.78. The fraction of sp³-hybridized carbons (Fsp3) is 0.214. The Bertz CT molecular complexity index is 649. The van der Waals surface area contributed by atoms with Gasteiger partial charge in [-0.25, -0.2) is 4.98 Å². The minimum Gasteiger partial charge on any atom is -0.481 e. The van der Waals surface area contributed by atoms with Gasteiger partial charge in [-0.2, -0.15) is 0 Å². The number of hydrogen-bond acceptors (Lipinski definition) is 5. The molecule has 2 rings (SSSR count). The molecule has 1 aromatic heterocycles. The molecule has 1 aromatic carbocycles. The lowest BCUT2D eigenvalue weighted by Crippen LogP contribution is -2.14. The highest BCUT2D eigenvalue weighted by Gasteiger charge is 2.13. The minimum atomic E-state index is -0.432. The molecule has 1 N–H and O–H groups in total. The van der Waals surface area contributed by atoms with Gasteiger partial charge in [0.1, 0.15) is 0 Å². The number of nitrogens with zero attached hydrogens (tertiary/aromatic N) is 2. The first-order chi connectivity index (χ1) is 10.1. The quantitative estimate of drug-likeness (QED) is 0.656. The third-order valence-electron chi connectivity index (χ3n) is 2.90. The Morgan fingerprint density at radius 2 is 2.14 bits per heavy atom. The van der Waals surface area contributed by atoms with Crippen LogP contribution in [-0.4, -0.2) is 17.0 Å². The van der Waals surface area contributed by atoms with Gasteiger partial charge in [-0.15, -0.1) is 0 Å². The highest BCUT2D eigenvalue weighted by Crippen LogP contribution is 2.23. The van der Waals surface area contributed by atoms with Crippen LogP contribution in [0.1, 0.15) is 11.1 Å². The molecule has 0 radical (unpaired) electrons. The van der Waals surface area contributed by atoms with Crippen molar-refractivity contribution in [1.29, 1.82) is 0 Å². The number of ether oxygens (including phenoxy) is 1. The van der Waals surface area contributed by atoms with Crippen molar-refractivity contribution in [2.75, 3.05) is 7.11 Å². The molecule has 0 aliphatic carbocycles. The van der Waals surface area contributed by atoms with Gasteiger partial charge in [0, 0.05) is 42.0 Å². The van der Waals surface area contributed by atoms with E-state index in [2.05, 4.69) is 10.3 Å². The van der Waals surface area contributed by atoms with Crippen molar-refractivity contribution < 1.29 is 9.66 Å². The molecule has 0 saturated carbocycles. The summed E-state index contributed by atoms with van der Waals surface area (Å²) in [6.45, 7) is 0.927. The Morgan fingerprint density at radius 3 is 2.86 bits per heavy atom. The van der Waals surface area contributed by atoms with Gasteiger partial charge in [-0.3, -0.25) is 10.1 Å². The Kier molecular flexibility index (Phi) is 5.08. The van der Waals surface area contributed by atoms with Crippen molar-refractivity contribution in [3.05, 3.63) is 62.8 Å². The second-order valence-electron chi connectivity index (χ2n) is 4.34. The van der Waals surface area contributed by atoms with Crippen molar-refractivity contribution in [2.45, 2.75) is 13.1 Å². The van der Waals surface area contributed by atoms with Crippen LogP contribution in [0.3, 0.4) is 0 Å². The van der Waals surface area contributed by atoms with E-state index in [1.165, 1.54) is 6.07 Å². The Hall–Kier alpha value is -2.18. The molecule has 0 amide bonds. The van der Waals surface area contributed by atoms with Gasteiger partial charge in [0.2, 0.25) is 5.88 Å². The molecule has 0 atom stereocenters. The lowest BCUT2D eigenvalue weighted by Gasteiger charge is -2.07. The van der Waals surface area contributed by atoms with Gasteiger partial charge in [0.05, 0.1) is 12.0 Å². The number of halogens is 1. The monoisotopic (exact) mass is 307 g/mol. The number of nitro benzene ring substituents is 1. The van der Waals surface area contributed by atoms with Crippen LogP contribution in [0.4, 0.5) is 5.69 Å². The van der Waals surface area contributed by atoms with Gasteiger partial charge < -0.3 is 10.1 Å². The summed E-state index contributed by atoms with van der Waals surface area (Å²) in [6, 6.07) is 8.31. The van der Waals surface area contributed by atoms with Crippen molar-refractivity contribution in [3.63, 3.8) is 0 Å². The van der Waals surface area contributed by atoms with E-state index in [1.807, 2.05) is 12.1 Å². The van der Waals surface area contributed by atoms with E-state index in [1.54, 1.807) is 25.4 Å². The first kappa shape index (κ1) is 15.2. The highest BCUT2D eigenvalue weighted by molar-refractivity contribution is 6.30. The number of hydrogen-bond donors (Lipinski definition) is 1. The zero-order valence-corrected chi connectivity index (χ0v) is 12.1. The van der Waals surface area contributed by atoms with Crippen molar-refractivity contribution in [3.8, 4) is 5.88 Å². The predicted molar refractivity (Wildman–Crippen MR) is 79.4 cm³/mol. The third-order valence-corrected chi connectivity index (χ3v) is 3.13. The van der Waals surface area contributed by atoms with Crippen LogP contribution in [0, 0.1) is 10.1 Å². The van der Waals surface area contributed by atoms with E-state index in [0.717, 1.165) is 5.56 Å². The number of benzene rings is 1. The van der Waals surface area contributed by atoms with Crippen LogP contribution in [0.5, 0.6) is 5.88 Å². The molecule has 0 unspecified atom stereocenters. The number of pyridine rings is 1. The number of aromatic nitrogens is 1. The summed E-state index contributed by atoms with van der Waals surface area (Å²) < 4.78 is 5.04. The SMILES string of the molecule is COc1cc(CNCc2ccc(Cl)cc2[N+](=O)[O-])ccn1. The number of nitro groups is 1. The normalized spacial score (nSPS) is 10.4. The van der Waals surface area contributed by atoms with Gasteiger partial charge in [-0.1, -0.05) is 11.6 Å². The Morgan fingerprint density at radius 1 is 1.33 bits per heavy atom. The molecule has 7 heteroatoms. The molecular formula is C14H14ClN3O3. The minimum absolute atomic E-state index is 0.0160.